The number of aliphatic hydroxyl groups is 1. The number of aliphatic imine (C=N–C) groups is 1. The summed E-state index contributed by atoms with van der Waals surface area (Å²) in [5.74, 6) is 0.237. The van der Waals surface area contributed by atoms with E-state index in [1.54, 1.807) is 26.0 Å². The third-order valence-electron chi connectivity index (χ3n) is 4.04. The minimum Gasteiger partial charge on any atom is -0.506 e. The van der Waals surface area contributed by atoms with Crippen LogP contribution in [0.2, 0.25) is 0 Å². The molecule has 1 heterocycles. The molecule has 0 spiro atoms. The van der Waals surface area contributed by atoms with Crippen molar-refractivity contribution >= 4 is 34.8 Å². The second kappa shape index (κ2) is 11.6. The maximum absolute atomic E-state index is 12.3. The first-order valence-electron chi connectivity index (χ1n) is 10.3. The molecule has 1 aliphatic heterocycles. The first-order valence-corrected chi connectivity index (χ1v) is 11.1. The van der Waals surface area contributed by atoms with Gasteiger partial charge in [-0.3, -0.25) is 4.79 Å². The fraction of sp³-hybridized carbons (Fsp3) is 0.435. The molecule has 0 radical (unpaired) electrons. The van der Waals surface area contributed by atoms with E-state index in [9.17, 15) is 14.7 Å². The smallest absolute Gasteiger partial charge is 0.344 e. The highest BCUT2D eigenvalue weighted by Crippen LogP contribution is 2.40. The number of hydrogen-bond donors (Lipinski definition) is 1. The SMILES string of the molecule is CCOC(=O)C1=C(O)/C(=C/c2ccc(OCC(C)C)c(OCC)c2)SC1=NC(=O)CC. The van der Waals surface area contributed by atoms with Crippen molar-refractivity contribution in [3.8, 4) is 11.5 Å². The van der Waals surface area contributed by atoms with Gasteiger partial charge in [0, 0.05) is 6.42 Å². The van der Waals surface area contributed by atoms with Crippen molar-refractivity contribution in [3.63, 3.8) is 0 Å². The van der Waals surface area contributed by atoms with Gasteiger partial charge in [-0.05, 0) is 43.5 Å². The molecule has 1 N–H and O–H groups in total. The Morgan fingerprint density at radius 2 is 1.87 bits per heavy atom. The summed E-state index contributed by atoms with van der Waals surface area (Å²) in [5, 5.41) is 10.8. The number of ether oxygens (including phenoxy) is 3. The first kappa shape index (κ1) is 24.5. The topological polar surface area (TPSA) is 94.4 Å². The van der Waals surface area contributed by atoms with E-state index in [0.29, 0.717) is 35.5 Å². The predicted molar refractivity (Wildman–Crippen MR) is 123 cm³/mol. The van der Waals surface area contributed by atoms with Crippen LogP contribution >= 0.6 is 11.8 Å². The van der Waals surface area contributed by atoms with Gasteiger partial charge in [-0.15, -0.1) is 0 Å². The van der Waals surface area contributed by atoms with Crippen LogP contribution < -0.4 is 9.47 Å². The lowest BCUT2D eigenvalue weighted by Crippen LogP contribution is -2.14. The second-order valence-corrected chi connectivity index (χ2v) is 8.09. The molecule has 168 valence electrons. The molecule has 1 aliphatic rings. The van der Waals surface area contributed by atoms with E-state index in [0.717, 1.165) is 17.3 Å². The summed E-state index contributed by atoms with van der Waals surface area (Å²) in [4.78, 5) is 28.5. The van der Waals surface area contributed by atoms with Crippen LogP contribution in [0.1, 0.15) is 46.6 Å². The molecule has 0 bridgehead atoms. The van der Waals surface area contributed by atoms with Gasteiger partial charge in [0.2, 0.25) is 5.91 Å². The molecule has 0 aromatic heterocycles. The fourth-order valence-corrected chi connectivity index (χ4v) is 3.63. The molecule has 7 nitrogen and oxygen atoms in total. The molecule has 0 saturated carbocycles. The maximum atomic E-state index is 12.3. The Morgan fingerprint density at radius 3 is 2.48 bits per heavy atom. The average molecular weight is 448 g/mol. The van der Waals surface area contributed by atoms with Crippen LogP contribution in [-0.4, -0.2) is 41.8 Å². The standard InChI is InChI=1S/C23H29NO6S/c1-6-19(25)24-22-20(23(27)29-8-3)21(26)18(31-22)12-15-9-10-16(30-13-14(4)5)17(11-15)28-7-2/h9-12,14,26H,6-8,13H2,1-5H3/b18-12-,24-22?. The van der Waals surface area contributed by atoms with Gasteiger partial charge in [0.15, 0.2) is 11.5 Å². The minimum atomic E-state index is -0.717. The number of benzene rings is 1. The number of carbonyl (C=O) groups is 2. The number of nitrogens with zero attached hydrogens (tertiary/aromatic N) is 1. The van der Waals surface area contributed by atoms with Crippen molar-refractivity contribution in [1.82, 2.24) is 0 Å². The Bertz CT molecular complexity index is 917. The van der Waals surface area contributed by atoms with Crippen molar-refractivity contribution in [2.24, 2.45) is 10.9 Å². The molecular formula is C23H29NO6S. The highest BCUT2D eigenvalue weighted by Gasteiger charge is 2.33. The zero-order valence-electron chi connectivity index (χ0n) is 18.6. The van der Waals surface area contributed by atoms with E-state index < -0.39 is 5.97 Å². The Kier molecular flexibility index (Phi) is 9.18. The zero-order valence-corrected chi connectivity index (χ0v) is 19.4. The van der Waals surface area contributed by atoms with Gasteiger partial charge in [0.1, 0.15) is 16.4 Å². The van der Waals surface area contributed by atoms with E-state index in [-0.39, 0.29) is 35.3 Å². The molecule has 1 aromatic carbocycles. The lowest BCUT2D eigenvalue weighted by Gasteiger charge is -2.14. The highest BCUT2D eigenvalue weighted by atomic mass is 32.2. The average Bonchev–Trinajstić information content (AvgIpc) is 3.02. The van der Waals surface area contributed by atoms with Crippen LogP contribution in [0, 0.1) is 5.92 Å². The van der Waals surface area contributed by atoms with Crippen LogP contribution in [-0.2, 0) is 14.3 Å². The molecule has 0 atom stereocenters. The summed E-state index contributed by atoms with van der Waals surface area (Å²) in [6.07, 6.45) is 1.89. The summed E-state index contributed by atoms with van der Waals surface area (Å²) in [7, 11) is 0. The van der Waals surface area contributed by atoms with E-state index in [2.05, 4.69) is 18.8 Å². The van der Waals surface area contributed by atoms with E-state index in [4.69, 9.17) is 14.2 Å². The number of rotatable bonds is 9. The molecule has 1 aromatic rings. The molecule has 2 rings (SSSR count). The van der Waals surface area contributed by atoms with Gasteiger partial charge in [0.05, 0.1) is 24.7 Å². The number of hydrogen-bond acceptors (Lipinski definition) is 7. The van der Waals surface area contributed by atoms with E-state index >= 15 is 0 Å². The van der Waals surface area contributed by atoms with E-state index in [1.165, 1.54) is 0 Å². The number of esters is 1. The number of amides is 1. The summed E-state index contributed by atoms with van der Waals surface area (Å²) in [6, 6.07) is 5.44. The van der Waals surface area contributed by atoms with Crippen LogP contribution in [0.25, 0.3) is 6.08 Å². The first-order chi connectivity index (χ1) is 14.8. The molecule has 8 heteroatoms. The molecule has 0 aliphatic carbocycles. The second-order valence-electron chi connectivity index (χ2n) is 7.06. The third kappa shape index (κ3) is 6.62. The van der Waals surface area contributed by atoms with Gasteiger partial charge in [-0.1, -0.05) is 38.6 Å². The summed E-state index contributed by atoms with van der Waals surface area (Å²) >= 11 is 1.05. The normalized spacial score (nSPS) is 16.3. The van der Waals surface area contributed by atoms with Crippen molar-refractivity contribution < 1.29 is 28.9 Å². The van der Waals surface area contributed by atoms with Crippen molar-refractivity contribution in [3.05, 3.63) is 40.0 Å². The Labute approximate surface area is 187 Å². The minimum absolute atomic E-state index is 0.0955. The van der Waals surface area contributed by atoms with Gasteiger partial charge in [-0.2, -0.15) is 0 Å². The Hall–Kier alpha value is -2.74. The monoisotopic (exact) mass is 447 g/mol. The number of carbonyl (C=O) groups excluding carboxylic acids is 2. The largest absolute Gasteiger partial charge is 0.506 e. The Morgan fingerprint density at radius 1 is 1.13 bits per heavy atom. The van der Waals surface area contributed by atoms with Gasteiger partial charge in [-0.25, -0.2) is 9.79 Å². The maximum Gasteiger partial charge on any atom is 0.344 e. The highest BCUT2D eigenvalue weighted by molar-refractivity contribution is 8.18. The van der Waals surface area contributed by atoms with Crippen LogP contribution in [0.4, 0.5) is 0 Å². The van der Waals surface area contributed by atoms with Crippen LogP contribution in [0.5, 0.6) is 11.5 Å². The quantitative estimate of drug-likeness (QED) is 0.537. The van der Waals surface area contributed by atoms with Gasteiger partial charge >= 0.3 is 5.97 Å². The van der Waals surface area contributed by atoms with Gasteiger partial charge < -0.3 is 19.3 Å². The Balaban J connectivity index is 2.43. The summed E-state index contributed by atoms with van der Waals surface area (Å²) in [5.41, 5.74) is 0.641. The van der Waals surface area contributed by atoms with E-state index in [1.807, 2.05) is 19.1 Å². The lowest BCUT2D eigenvalue weighted by molar-refractivity contribution is -0.138. The van der Waals surface area contributed by atoms with Crippen LogP contribution in [0.15, 0.2) is 39.4 Å². The van der Waals surface area contributed by atoms with Crippen molar-refractivity contribution in [1.29, 1.82) is 0 Å². The van der Waals surface area contributed by atoms with Crippen molar-refractivity contribution in [2.75, 3.05) is 19.8 Å². The number of thioether (sulfide) groups is 1. The van der Waals surface area contributed by atoms with Crippen LogP contribution in [0.3, 0.4) is 0 Å². The predicted octanol–water partition coefficient (Wildman–Crippen LogP) is 4.92. The summed E-state index contributed by atoms with van der Waals surface area (Å²) < 4.78 is 16.5. The molecule has 0 fully saturated rings. The molecule has 0 unspecified atom stereocenters. The van der Waals surface area contributed by atoms with Gasteiger partial charge in [0.25, 0.3) is 0 Å². The molecule has 1 amide bonds. The molecular weight excluding hydrogens is 418 g/mol. The molecule has 0 saturated heterocycles. The molecule has 31 heavy (non-hydrogen) atoms. The zero-order chi connectivity index (χ0) is 23.0. The number of aliphatic hydroxyl groups excluding tert-OH is 1. The fourth-order valence-electron chi connectivity index (χ4n) is 2.59. The van der Waals surface area contributed by atoms with Crippen molar-refractivity contribution in [2.45, 2.75) is 41.0 Å². The lowest BCUT2D eigenvalue weighted by atomic mass is 10.1. The third-order valence-corrected chi connectivity index (χ3v) is 5.06. The summed E-state index contributed by atoms with van der Waals surface area (Å²) in [6.45, 7) is 10.5.